The molecule has 2 heterocycles. The van der Waals surface area contributed by atoms with Gasteiger partial charge in [0.25, 0.3) is 0 Å². The van der Waals surface area contributed by atoms with Crippen molar-refractivity contribution in [1.82, 2.24) is 9.61 Å². The summed E-state index contributed by atoms with van der Waals surface area (Å²) in [6, 6.07) is 19.0. The number of aliphatic hydroxyl groups excluding tert-OH is 1. The van der Waals surface area contributed by atoms with Gasteiger partial charge < -0.3 is 19.9 Å². The van der Waals surface area contributed by atoms with Gasteiger partial charge in [-0.25, -0.2) is 9.31 Å². The van der Waals surface area contributed by atoms with Gasteiger partial charge >= 0.3 is 6.09 Å². The summed E-state index contributed by atoms with van der Waals surface area (Å²) in [5, 5.41) is 28.6. The number of benzene rings is 2. The zero-order chi connectivity index (χ0) is 23.2. The van der Waals surface area contributed by atoms with Crippen molar-refractivity contribution in [3.8, 4) is 17.6 Å². The van der Waals surface area contributed by atoms with E-state index in [4.69, 9.17) is 14.6 Å². The lowest BCUT2D eigenvalue weighted by Gasteiger charge is -2.12. The minimum absolute atomic E-state index is 0.105. The van der Waals surface area contributed by atoms with E-state index in [0.717, 1.165) is 11.4 Å². The first-order chi connectivity index (χ1) is 16.1. The number of aryl methyl sites for hydroxylation is 1. The fourth-order valence-corrected chi connectivity index (χ4v) is 3.29. The SMILES string of the molecule is Cc1c(NC(=O)OCCO)cn2ncc(C#N)c(Nc3ccc(Oc4ccccc4)cc3)c12. The Morgan fingerprint density at radius 1 is 1.15 bits per heavy atom. The molecule has 0 fully saturated rings. The normalized spacial score (nSPS) is 10.5. The number of rotatable bonds is 7. The van der Waals surface area contributed by atoms with E-state index in [1.807, 2.05) is 61.5 Å². The van der Waals surface area contributed by atoms with Gasteiger partial charge in [-0.05, 0) is 43.3 Å². The Bertz CT molecular complexity index is 1310. The van der Waals surface area contributed by atoms with Gasteiger partial charge in [0.15, 0.2) is 0 Å². The molecule has 0 atom stereocenters. The molecule has 2 aromatic heterocycles. The minimum Gasteiger partial charge on any atom is -0.457 e. The second-order valence-electron chi connectivity index (χ2n) is 7.06. The van der Waals surface area contributed by atoms with E-state index >= 15 is 0 Å². The average molecular weight is 443 g/mol. The van der Waals surface area contributed by atoms with Crippen molar-refractivity contribution in [1.29, 1.82) is 5.26 Å². The number of amides is 1. The van der Waals surface area contributed by atoms with Crippen molar-refractivity contribution < 1.29 is 19.4 Å². The van der Waals surface area contributed by atoms with Crippen LogP contribution in [0, 0.1) is 18.3 Å². The molecule has 9 nitrogen and oxygen atoms in total. The molecule has 3 N–H and O–H groups in total. The summed E-state index contributed by atoms with van der Waals surface area (Å²) in [6.45, 7) is 1.44. The number of hydrogen-bond acceptors (Lipinski definition) is 7. The van der Waals surface area contributed by atoms with Gasteiger partial charge in [-0.2, -0.15) is 10.4 Å². The quantitative estimate of drug-likeness (QED) is 0.382. The summed E-state index contributed by atoms with van der Waals surface area (Å²) in [5.74, 6) is 1.42. The molecule has 0 aliphatic heterocycles. The van der Waals surface area contributed by atoms with Gasteiger partial charge in [0.1, 0.15) is 24.2 Å². The van der Waals surface area contributed by atoms with E-state index < -0.39 is 6.09 Å². The number of hydrogen-bond donors (Lipinski definition) is 3. The van der Waals surface area contributed by atoms with Gasteiger partial charge in [0, 0.05) is 11.3 Å². The first-order valence-corrected chi connectivity index (χ1v) is 10.1. The lowest BCUT2D eigenvalue weighted by atomic mass is 10.1. The molecule has 4 aromatic rings. The van der Waals surface area contributed by atoms with Crippen LogP contribution >= 0.6 is 0 Å². The lowest BCUT2D eigenvalue weighted by molar-refractivity contribution is 0.131. The number of nitrogens with zero attached hydrogens (tertiary/aromatic N) is 3. The molecule has 2 aromatic carbocycles. The number of carbonyl (C=O) groups excluding carboxylic acids is 1. The van der Waals surface area contributed by atoms with Gasteiger partial charge in [0.2, 0.25) is 0 Å². The predicted octanol–water partition coefficient (Wildman–Crippen LogP) is 4.59. The van der Waals surface area contributed by atoms with E-state index in [1.54, 1.807) is 10.7 Å². The fourth-order valence-electron chi connectivity index (χ4n) is 3.29. The van der Waals surface area contributed by atoms with Gasteiger partial charge in [-0.1, -0.05) is 18.2 Å². The fraction of sp³-hybridized carbons (Fsp3) is 0.125. The molecule has 0 saturated heterocycles. The Morgan fingerprint density at radius 2 is 1.88 bits per heavy atom. The first kappa shape index (κ1) is 21.7. The summed E-state index contributed by atoms with van der Waals surface area (Å²) >= 11 is 0. The summed E-state index contributed by atoms with van der Waals surface area (Å²) in [4.78, 5) is 11.9. The third-order valence-electron chi connectivity index (χ3n) is 4.84. The van der Waals surface area contributed by atoms with Crippen molar-refractivity contribution >= 4 is 28.7 Å². The molecule has 0 radical (unpaired) electrons. The second-order valence-corrected chi connectivity index (χ2v) is 7.06. The number of nitrogens with one attached hydrogen (secondary N) is 2. The molecule has 0 bridgehead atoms. The third-order valence-corrected chi connectivity index (χ3v) is 4.84. The van der Waals surface area contributed by atoms with Crippen LogP contribution < -0.4 is 15.4 Å². The summed E-state index contributed by atoms with van der Waals surface area (Å²) < 4.78 is 12.3. The van der Waals surface area contributed by atoms with Crippen LogP contribution in [-0.4, -0.2) is 34.0 Å². The van der Waals surface area contributed by atoms with E-state index in [0.29, 0.717) is 33.8 Å². The molecular weight excluding hydrogens is 422 g/mol. The highest BCUT2D eigenvalue weighted by Crippen LogP contribution is 2.33. The molecular formula is C24H21N5O4. The van der Waals surface area contributed by atoms with Crippen molar-refractivity contribution in [3.05, 3.63) is 78.1 Å². The zero-order valence-corrected chi connectivity index (χ0v) is 17.8. The number of aliphatic hydroxyl groups is 1. The Balaban J connectivity index is 1.61. The largest absolute Gasteiger partial charge is 0.457 e. The number of fused-ring (bicyclic) bond motifs is 1. The topological polar surface area (TPSA) is 121 Å². The summed E-state index contributed by atoms with van der Waals surface area (Å²) in [6.07, 6.45) is 2.40. The minimum atomic E-state index is -0.688. The maximum atomic E-state index is 11.9. The molecule has 0 aliphatic carbocycles. The molecule has 166 valence electrons. The maximum absolute atomic E-state index is 11.9. The van der Waals surface area contributed by atoms with E-state index in [-0.39, 0.29) is 13.2 Å². The smallest absolute Gasteiger partial charge is 0.411 e. The van der Waals surface area contributed by atoms with Crippen LogP contribution in [-0.2, 0) is 4.74 Å². The van der Waals surface area contributed by atoms with Crippen molar-refractivity contribution in [3.63, 3.8) is 0 Å². The highest BCUT2D eigenvalue weighted by molar-refractivity contribution is 5.92. The van der Waals surface area contributed by atoms with Crippen LogP contribution in [0.1, 0.15) is 11.1 Å². The second kappa shape index (κ2) is 9.72. The van der Waals surface area contributed by atoms with Gasteiger partial charge in [-0.15, -0.1) is 0 Å². The molecule has 0 saturated carbocycles. The first-order valence-electron chi connectivity index (χ1n) is 10.1. The lowest BCUT2D eigenvalue weighted by Crippen LogP contribution is -2.15. The van der Waals surface area contributed by atoms with Crippen LogP contribution in [0.15, 0.2) is 67.0 Å². The number of ether oxygens (including phenoxy) is 2. The van der Waals surface area contributed by atoms with Crippen molar-refractivity contribution in [2.75, 3.05) is 23.8 Å². The number of carbonyl (C=O) groups is 1. The number of aromatic nitrogens is 2. The van der Waals surface area contributed by atoms with Crippen LogP contribution in [0.5, 0.6) is 11.5 Å². The van der Waals surface area contributed by atoms with Crippen LogP contribution in [0.4, 0.5) is 21.9 Å². The Morgan fingerprint density at radius 3 is 2.58 bits per heavy atom. The van der Waals surface area contributed by atoms with Crippen LogP contribution in [0.3, 0.4) is 0 Å². The summed E-state index contributed by atoms with van der Waals surface area (Å²) in [7, 11) is 0. The molecule has 0 aliphatic rings. The number of para-hydroxylation sites is 1. The van der Waals surface area contributed by atoms with E-state index in [2.05, 4.69) is 21.8 Å². The molecule has 1 amide bonds. The molecule has 33 heavy (non-hydrogen) atoms. The standard InChI is InChI=1S/C24H21N5O4/c1-16-21(28-24(31)32-12-11-30)15-29-23(16)22(17(13-25)14-26-29)27-18-7-9-20(10-8-18)33-19-5-3-2-4-6-19/h2-10,14-15,27,30H,11-12H2,1H3,(H,28,31). The predicted molar refractivity (Wildman–Crippen MR) is 123 cm³/mol. The number of anilines is 3. The van der Waals surface area contributed by atoms with Crippen LogP contribution in [0.25, 0.3) is 5.52 Å². The number of nitriles is 1. The Labute approximate surface area is 189 Å². The average Bonchev–Trinajstić information content (AvgIpc) is 3.15. The van der Waals surface area contributed by atoms with E-state index in [1.165, 1.54) is 6.20 Å². The van der Waals surface area contributed by atoms with Gasteiger partial charge in [0.05, 0.1) is 41.5 Å². The van der Waals surface area contributed by atoms with Crippen LogP contribution in [0.2, 0.25) is 0 Å². The monoisotopic (exact) mass is 443 g/mol. The summed E-state index contributed by atoms with van der Waals surface area (Å²) in [5.41, 5.74) is 3.47. The van der Waals surface area contributed by atoms with Gasteiger partial charge in [-0.3, -0.25) is 5.32 Å². The zero-order valence-electron chi connectivity index (χ0n) is 17.8. The van der Waals surface area contributed by atoms with E-state index in [9.17, 15) is 10.1 Å². The highest BCUT2D eigenvalue weighted by atomic mass is 16.6. The molecule has 9 heteroatoms. The third kappa shape index (κ3) is 4.87. The molecule has 0 unspecified atom stereocenters. The Kier molecular flexibility index (Phi) is 6.38. The van der Waals surface area contributed by atoms with Crippen molar-refractivity contribution in [2.24, 2.45) is 0 Å². The van der Waals surface area contributed by atoms with Crippen molar-refractivity contribution in [2.45, 2.75) is 6.92 Å². The maximum Gasteiger partial charge on any atom is 0.411 e. The Hall–Kier alpha value is -4.55. The highest BCUT2D eigenvalue weighted by Gasteiger charge is 2.17. The molecule has 4 rings (SSSR count). The molecule has 0 spiro atoms.